The second kappa shape index (κ2) is 34.2. The van der Waals surface area contributed by atoms with Crippen LogP contribution in [0.5, 0.6) is 0 Å². The molecule has 13 nitrogen and oxygen atoms in total. The van der Waals surface area contributed by atoms with E-state index in [1.54, 1.807) is 0 Å². The van der Waals surface area contributed by atoms with E-state index >= 15 is 0 Å². The van der Waals surface area contributed by atoms with E-state index in [9.17, 15) is 0 Å². The number of hydrogen-bond acceptors (Lipinski definition) is 13. The zero-order valence-electron chi connectivity index (χ0n) is 14.4. The molecule has 0 atom stereocenters. The highest BCUT2D eigenvalue weighted by molar-refractivity contribution is 6.43. The first-order valence-corrected chi connectivity index (χ1v) is 6.02. The van der Waals surface area contributed by atoms with Crippen LogP contribution in [0.4, 0.5) is 0 Å². The van der Waals surface area contributed by atoms with E-state index in [0.29, 0.717) is 0 Å². The third-order valence-electron chi connectivity index (χ3n) is 1.31. The van der Waals surface area contributed by atoms with Crippen LogP contribution in [0.15, 0.2) is 0 Å². The molecule has 0 aliphatic heterocycles. The minimum absolute atomic E-state index is 0.0903. The van der Waals surface area contributed by atoms with E-state index in [0.717, 1.165) is 7.11 Å². The van der Waals surface area contributed by atoms with Crippen molar-refractivity contribution in [3.63, 3.8) is 0 Å². The van der Waals surface area contributed by atoms with Gasteiger partial charge in [0.25, 0.3) is 0 Å². The predicted octanol–water partition coefficient (Wildman–Crippen LogP) is -5.90. The molecule has 0 aliphatic rings. The first-order chi connectivity index (χ1) is 11.2. The molecule has 0 heterocycles. The Bertz CT molecular complexity index is 164. The molecule has 0 aromatic carbocycles. The Labute approximate surface area is 142 Å². The fourth-order valence-corrected chi connectivity index (χ4v) is 0.320. The third kappa shape index (κ3) is 67.8. The van der Waals surface area contributed by atoms with Crippen LogP contribution in [-0.2, 0) is 18.6 Å². The molecule has 9 N–H and O–H groups in total. The summed E-state index contributed by atoms with van der Waals surface area (Å²) in [6.07, 6.45) is 0. The summed E-state index contributed by atoms with van der Waals surface area (Å²) >= 11 is 0. The van der Waals surface area contributed by atoms with Crippen molar-refractivity contribution in [3.05, 3.63) is 0 Å². The smallest absolute Gasteiger partial charge is 0.425 e. The van der Waals surface area contributed by atoms with Crippen LogP contribution in [0.1, 0.15) is 0 Å². The standard InChI is InChI=1S/C3H9BO3.C2H7BO3.CH5BO3.CH4O.BH3O3/c1-6-4(3-5)7-2;1-6-3(5)2-4;1-5-2(3)4;1-2;2-1(3)4/h5H,3H2,1-2H3;4-5H,2H2,1H3;3-4H,1H3;2H,1H3;2-4H. The average molecular weight is 364 g/mol. The molecule has 0 fully saturated rings. The number of rotatable bonds is 6. The molecule has 0 amide bonds. The lowest BCUT2D eigenvalue weighted by Gasteiger charge is -2.01. The highest BCUT2D eigenvalue weighted by Crippen LogP contribution is 1.78. The third-order valence-corrected chi connectivity index (χ3v) is 1.31. The van der Waals surface area contributed by atoms with Crippen molar-refractivity contribution in [2.24, 2.45) is 0 Å². The Hall–Kier alpha value is -0.260. The van der Waals surface area contributed by atoms with Crippen molar-refractivity contribution >= 4 is 28.9 Å². The fourth-order valence-electron chi connectivity index (χ4n) is 0.320. The van der Waals surface area contributed by atoms with Crippen molar-refractivity contribution in [1.29, 1.82) is 0 Å². The maximum absolute atomic E-state index is 8.28. The Balaban J connectivity index is -0.0000000657. The highest BCUT2D eigenvalue weighted by Gasteiger charge is 2.10. The minimum atomic E-state index is -2.17. The van der Waals surface area contributed by atoms with Crippen LogP contribution in [-0.4, -0.2) is 123 Å². The van der Waals surface area contributed by atoms with E-state index in [-0.39, 0.29) is 13.0 Å². The number of hydrogen-bond donors (Lipinski definition) is 9. The van der Waals surface area contributed by atoms with Crippen molar-refractivity contribution in [3.8, 4) is 0 Å². The largest absolute Gasteiger partial charge is 0.633 e. The van der Waals surface area contributed by atoms with Crippen LogP contribution < -0.4 is 0 Å². The first kappa shape index (κ1) is 35.0. The minimum Gasteiger partial charge on any atom is -0.425 e. The zero-order valence-corrected chi connectivity index (χ0v) is 14.4. The topological polar surface area (TPSA) is 219 Å². The van der Waals surface area contributed by atoms with Gasteiger partial charge in [0, 0.05) is 35.5 Å². The molecule has 0 radical (unpaired) electrons. The second-order valence-electron chi connectivity index (χ2n) is 2.86. The summed E-state index contributed by atoms with van der Waals surface area (Å²) in [5, 5.41) is 68.3. The lowest BCUT2D eigenvalue weighted by Crippen LogP contribution is -2.23. The second-order valence-corrected chi connectivity index (χ2v) is 2.86. The fraction of sp³-hybridized carbons (Fsp3) is 1.00. The van der Waals surface area contributed by atoms with Crippen LogP contribution in [0.2, 0.25) is 0 Å². The number of aliphatic hydroxyl groups excluding tert-OH is 3. The first-order valence-electron chi connectivity index (χ1n) is 6.02. The van der Waals surface area contributed by atoms with E-state index in [1.165, 1.54) is 28.4 Å². The summed E-state index contributed by atoms with van der Waals surface area (Å²) in [6, 6.07) is 0. The van der Waals surface area contributed by atoms with Gasteiger partial charge in [-0.2, -0.15) is 0 Å². The summed E-state index contributed by atoms with van der Waals surface area (Å²) in [5.74, 6) is 0. The van der Waals surface area contributed by atoms with Crippen molar-refractivity contribution in [2.45, 2.75) is 0 Å². The van der Waals surface area contributed by atoms with Gasteiger partial charge in [0.2, 0.25) is 0 Å². The van der Waals surface area contributed by atoms with Crippen LogP contribution in [0.25, 0.3) is 0 Å². The molecule has 24 heavy (non-hydrogen) atoms. The van der Waals surface area contributed by atoms with Gasteiger partial charge in [-0.3, -0.25) is 0 Å². The molecule has 0 aromatic rings. The van der Waals surface area contributed by atoms with E-state index in [1.807, 2.05) is 0 Å². The predicted molar refractivity (Wildman–Crippen MR) is 86.7 cm³/mol. The molecule has 0 bridgehead atoms. The maximum Gasteiger partial charge on any atom is 0.633 e. The molecular formula is C7H28B4O13. The van der Waals surface area contributed by atoms with Crippen molar-refractivity contribution < 1.29 is 64.1 Å². The molecule has 0 aromatic heterocycles. The zero-order chi connectivity index (χ0) is 20.6. The van der Waals surface area contributed by atoms with Gasteiger partial charge in [-0.25, -0.2) is 0 Å². The van der Waals surface area contributed by atoms with Crippen LogP contribution >= 0.6 is 0 Å². The van der Waals surface area contributed by atoms with E-state index < -0.39 is 28.9 Å². The maximum atomic E-state index is 8.28. The molecule has 17 heteroatoms. The van der Waals surface area contributed by atoms with Gasteiger partial charge in [0.05, 0.1) is 13.0 Å². The molecule has 0 saturated carbocycles. The summed E-state index contributed by atoms with van der Waals surface area (Å²) in [4.78, 5) is 0. The normalized spacial score (nSPS) is 7.75. The quantitative estimate of drug-likeness (QED) is 0.201. The lowest BCUT2D eigenvalue weighted by molar-refractivity contribution is 0.229. The molecule has 146 valence electrons. The van der Waals surface area contributed by atoms with E-state index in [2.05, 4.69) is 18.6 Å². The molecule has 0 unspecified atom stereocenters. The van der Waals surface area contributed by atoms with Gasteiger partial charge >= 0.3 is 28.9 Å². The Kier molecular flexibility index (Phi) is 49.7. The summed E-state index contributed by atoms with van der Waals surface area (Å²) < 4.78 is 17.2. The summed E-state index contributed by atoms with van der Waals surface area (Å²) in [7, 11) is 1.22. The highest BCUT2D eigenvalue weighted by atomic mass is 16.6. The van der Waals surface area contributed by atoms with Crippen LogP contribution in [0.3, 0.4) is 0 Å². The van der Waals surface area contributed by atoms with Gasteiger partial charge in [-0.1, -0.05) is 0 Å². The van der Waals surface area contributed by atoms with Crippen LogP contribution in [0, 0.1) is 0 Å². The van der Waals surface area contributed by atoms with Crippen molar-refractivity contribution in [1.82, 2.24) is 0 Å². The number of aliphatic hydroxyl groups is 3. The van der Waals surface area contributed by atoms with E-state index in [4.69, 9.17) is 45.5 Å². The molecule has 0 saturated heterocycles. The summed E-state index contributed by atoms with van der Waals surface area (Å²) in [6.45, 7) is -0.427. The molecule has 0 rings (SSSR count). The van der Waals surface area contributed by atoms with Gasteiger partial charge in [0.15, 0.2) is 0 Å². The summed E-state index contributed by atoms with van der Waals surface area (Å²) in [5.41, 5.74) is 0. The monoisotopic (exact) mass is 364 g/mol. The van der Waals surface area contributed by atoms with Gasteiger partial charge in [0.1, 0.15) is 0 Å². The van der Waals surface area contributed by atoms with Gasteiger partial charge < -0.3 is 64.1 Å². The average Bonchev–Trinajstić information content (AvgIpc) is 2.58. The Morgan fingerprint density at radius 2 is 0.917 bits per heavy atom. The molecular weight excluding hydrogens is 335 g/mol. The Morgan fingerprint density at radius 1 is 0.625 bits per heavy atom. The SMILES string of the molecule is CO.COB(CO)OC.COB(O)CO.COB(O)O.OB(O)O. The lowest BCUT2D eigenvalue weighted by atomic mass is 9.93. The van der Waals surface area contributed by atoms with Gasteiger partial charge in [-0.15, -0.1) is 0 Å². The Morgan fingerprint density at radius 3 is 0.917 bits per heavy atom. The van der Waals surface area contributed by atoms with Crippen molar-refractivity contribution in [2.75, 3.05) is 48.6 Å². The molecule has 0 spiro atoms. The van der Waals surface area contributed by atoms with Gasteiger partial charge in [-0.05, 0) is 0 Å². The molecule has 0 aliphatic carbocycles.